The smallest absolute Gasteiger partial charge is 0.416 e. The highest BCUT2D eigenvalue weighted by Gasteiger charge is 2.37. The minimum atomic E-state index is -4.64. The van der Waals surface area contributed by atoms with Crippen molar-refractivity contribution in [2.45, 2.75) is 20.0 Å². The summed E-state index contributed by atoms with van der Waals surface area (Å²) in [6.07, 6.45) is -3.33. The summed E-state index contributed by atoms with van der Waals surface area (Å²) < 4.78 is 46.8. The molecule has 1 fully saturated rings. The van der Waals surface area contributed by atoms with Crippen LogP contribution in [0.25, 0.3) is 11.8 Å². The largest absolute Gasteiger partial charge is 0.494 e. The van der Waals surface area contributed by atoms with E-state index in [-0.39, 0.29) is 27.8 Å². The Morgan fingerprint density at radius 2 is 1.82 bits per heavy atom. The van der Waals surface area contributed by atoms with E-state index in [4.69, 9.17) is 17.0 Å². The van der Waals surface area contributed by atoms with Crippen LogP contribution in [0.4, 0.5) is 24.5 Å². The molecule has 1 aromatic heterocycles. The lowest BCUT2D eigenvalue weighted by Gasteiger charge is -2.29. The highest BCUT2D eigenvalue weighted by atomic mass is 32.1. The molecule has 9 nitrogen and oxygen atoms in total. The van der Waals surface area contributed by atoms with Crippen LogP contribution < -0.4 is 15.0 Å². The molecule has 0 aliphatic carbocycles. The first kappa shape index (κ1) is 26.5. The van der Waals surface area contributed by atoms with Crippen molar-refractivity contribution in [2.24, 2.45) is 0 Å². The van der Waals surface area contributed by atoms with Crippen molar-refractivity contribution in [2.75, 3.05) is 12.0 Å². The molecule has 0 atom stereocenters. The van der Waals surface area contributed by atoms with Crippen molar-refractivity contribution in [3.05, 3.63) is 86.7 Å². The van der Waals surface area contributed by atoms with Gasteiger partial charge in [-0.1, -0.05) is 6.07 Å². The zero-order valence-electron chi connectivity index (χ0n) is 20.1. The van der Waals surface area contributed by atoms with Crippen LogP contribution in [0.2, 0.25) is 0 Å². The molecular formula is C25H19F3N4O5S. The first-order valence-electron chi connectivity index (χ1n) is 10.9. The maximum absolute atomic E-state index is 13.3. The van der Waals surface area contributed by atoms with E-state index >= 15 is 0 Å². The summed E-state index contributed by atoms with van der Waals surface area (Å²) >= 11 is 5.09. The van der Waals surface area contributed by atoms with Gasteiger partial charge in [0.2, 0.25) is 0 Å². The molecule has 2 aromatic carbocycles. The van der Waals surface area contributed by atoms with Crippen molar-refractivity contribution in [3.63, 3.8) is 0 Å². The van der Waals surface area contributed by atoms with Gasteiger partial charge in [-0.15, -0.1) is 0 Å². The Balaban J connectivity index is 1.78. The lowest BCUT2D eigenvalue weighted by atomic mass is 10.1. The number of halogens is 3. The molecule has 1 saturated heterocycles. The number of ether oxygens (including phenoxy) is 1. The standard InChI is InChI=1S/C25H19F3N4O5S/c1-13-9-15(14(2)30(13)20-8-7-18(32(35)36)12-21(20)37-3)10-19-22(33)29-24(38)31(23(19)34)17-6-4-5-16(11-17)25(26,27)28/h4-12H,1-3H3,(H,29,33,38)/b19-10+. The first-order valence-corrected chi connectivity index (χ1v) is 11.3. The van der Waals surface area contributed by atoms with Crippen LogP contribution in [0.5, 0.6) is 5.75 Å². The van der Waals surface area contributed by atoms with E-state index in [2.05, 4.69) is 5.32 Å². The molecule has 13 heteroatoms. The third-order valence-corrected chi connectivity index (χ3v) is 6.20. The van der Waals surface area contributed by atoms with E-state index in [1.165, 1.54) is 37.5 Å². The van der Waals surface area contributed by atoms with E-state index in [9.17, 15) is 32.9 Å². The second-order valence-electron chi connectivity index (χ2n) is 8.28. The SMILES string of the molecule is COc1cc([N+](=O)[O-])ccc1-n1c(C)cc(/C=C2\C(=O)NC(=S)N(c3cccc(C(F)(F)F)c3)C2=O)c1C. The first-order chi connectivity index (χ1) is 17.8. The number of hydrogen-bond acceptors (Lipinski definition) is 6. The van der Waals surface area contributed by atoms with Gasteiger partial charge >= 0.3 is 6.18 Å². The molecule has 1 aliphatic rings. The number of nitrogens with one attached hydrogen (secondary N) is 1. The number of carbonyl (C=O) groups excluding carboxylic acids is 2. The van der Waals surface area contributed by atoms with Crippen molar-refractivity contribution in [3.8, 4) is 11.4 Å². The maximum atomic E-state index is 13.3. The monoisotopic (exact) mass is 544 g/mol. The molecule has 196 valence electrons. The number of nitro groups is 1. The zero-order valence-corrected chi connectivity index (χ0v) is 20.9. The van der Waals surface area contributed by atoms with Crippen molar-refractivity contribution < 1.29 is 32.4 Å². The molecule has 1 N–H and O–H groups in total. The van der Waals surface area contributed by atoms with Crippen molar-refractivity contribution in [1.82, 2.24) is 9.88 Å². The second-order valence-corrected chi connectivity index (χ2v) is 8.67. The zero-order chi connectivity index (χ0) is 27.9. The second kappa shape index (κ2) is 9.74. The van der Waals surface area contributed by atoms with Gasteiger partial charge in [-0.05, 0) is 68.0 Å². The average Bonchev–Trinajstić information content (AvgIpc) is 3.13. The van der Waals surface area contributed by atoms with Crippen LogP contribution in [0, 0.1) is 24.0 Å². The third kappa shape index (κ3) is 4.75. The number of thiocarbonyl (C=S) groups is 1. The van der Waals surface area contributed by atoms with E-state index in [1.54, 1.807) is 24.5 Å². The van der Waals surface area contributed by atoms with Crippen LogP contribution >= 0.6 is 12.2 Å². The lowest BCUT2D eigenvalue weighted by Crippen LogP contribution is -2.54. The van der Waals surface area contributed by atoms with Gasteiger partial charge in [-0.2, -0.15) is 13.2 Å². The summed E-state index contributed by atoms with van der Waals surface area (Å²) in [5, 5.41) is 13.2. The summed E-state index contributed by atoms with van der Waals surface area (Å²) in [6.45, 7) is 3.46. The number of amides is 2. The predicted octanol–water partition coefficient (Wildman–Crippen LogP) is 4.86. The summed E-state index contributed by atoms with van der Waals surface area (Å²) in [4.78, 5) is 37.5. The molecule has 3 aromatic rings. The van der Waals surface area contributed by atoms with Crippen LogP contribution in [0.15, 0.2) is 54.1 Å². The van der Waals surface area contributed by atoms with Crippen molar-refractivity contribution >= 4 is 46.6 Å². The van der Waals surface area contributed by atoms with Gasteiger partial charge in [0.25, 0.3) is 17.5 Å². The number of methoxy groups -OCH3 is 1. The Bertz CT molecular complexity index is 1540. The quantitative estimate of drug-likeness (QED) is 0.162. The number of nitrogens with zero attached hydrogens (tertiary/aromatic N) is 3. The van der Waals surface area contributed by atoms with Gasteiger partial charge in [0, 0.05) is 17.5 Å². The number of benzene rings is 2. The van der Waals surface area contributed by atoms with Crippen LogP contribution in [-0.4, -0.2) is 33.5 Å². The van der Waals surface area contributed by atoms with Gasteiger partial charge in [0.1, 0.15) is 11.3 Å². The van der Waals surface area contributed by atoms with E-state index in [0.29, 0.717) is 22.6 Å². The number of carbonyl (C=O) groups is 2. The summed E-state index contributed by atoms with van der Waals surface area (Å²) in [5.74, 6) is -1.47. The summed E-state index contributed by atoms with van der Waals surface area (Å²) in [6, 6.07) is 9.84. The maximum Gasteiger partial charge on any atom is 0.416 e. The Hall–Kier alpha value is -4.52. The fraction of sp³-hybridized carbons (Fsp3) is 0.160. The topological polar surface area (TPSA) is 107 Å². The van der Waals surface area contributed by atoms with Crippen molar-refractivity contribution in [1.29, 1.82) is 0 Å². The molecular weight excluding hydrogens is 525 g/mol. The number of rotatable bonds is 5. The molecule has 2 amide bonds. The summed E-state index contributed by atoms with van der Waals surface area (Å²) in [7, 11) is 1.37. The van der Waals surface area contributed by atoms with Crippen LogP contribution in [-0.2, 0) is 15.8 Å². The minimum absolute atomic E-state index is 0.151. The molecule has 4 rings (SSSR count). The molecule has 0 spiro atoms. The number of alkyl halides is 3. The Labute approximate surface area is 219 Å². The van der Waals surface area contributed by atoms with Gasteiger partial charge < -0.3 is 9.30 Å². The number of hydrogen-bond donors (Lipinski definition) is 1. The fourth-order valence-electron chi connectivity index (χ4n) is 4.14. The number of aryl methyl sites for hydroxylation is 1. The molecule has 0 unspecified atom stereocenters. The Kier molecular flexibility index (Phi) is 6.80. The molecule has 0 bridgehead atoms. The highest BCUT2D eigenvalue weighted by Crippen LogP contribution is 2.34. The van der Waals surface area contributed by atoms with Gasteiger partial charge in [-0.25, -0.2) is 0 Å². The van der Waals surface area contributed by atoms with Crippen LogP contribution in [0.1, 0.15) is 22.5 Å². The highest BCUT2D eigenvalue weighted by molar-refractivity contribution is 7.80. The third-order valence-electron chi connectivity index (χ3n) is 5.92. The van der Waals surface area contributed by atoms with Gasteiger partial charge in [0.15, 0.2) is 5.11 Å². The number of aromatic nitrogens is 1. The van der Waals surface area contributed by atoms with E-state index in [0.717, 1.165) is 23.1 Å². The Morgan fingerprint density at radius 1 is 1.11 bits per heavy atom. The van der Waals surface area contributed by atoms with Gasteiger partial charge in [-0.3, -0.25) is 29.9 Å². The fourth-order valence-corrected chi connectivity index (χ4v) is 4.42. The molecule has 0 saturated carbocycles. The number of anilines is 1. The van der Waals surface area contributed by atoms with Crippen LogP contribution in [0.3, 0.4) is 0 Å². The molecule has 2 heterocycles. The molecule has 0 radical (unpaired) electrons. The lowest BCUT2D eigenvalue weighted by molar-refractivity contribution is -0.384. The average molecular weight is 545 g/mol. The normalized spacial score (nSPS) is 15.2. The van der Waals surface area contributed by atoms with E-state index in [1.807, 2.05) is 0 Å². The number of nitro benzene ring substituents is 1. The minimum Gasteiger partial charge on any atom is -0.494 e. The number of non-ortho nitro benzene ring substituents is 1. The van der Waals surface area contributed by atoms with Gasteiger partial charge in [0.05, 0.1) is 35.0 Å². The molecule has 1 aliphatic heterocycles. The predicted molar refractivity (Wildman–Crippen MR) is 136 cm³/mol. The Morgan fingerprint density at radius 3 is 2.45 bits per heavy atom. The summed E-state index contributed by atoms with van der Waals surface area (Å²) in [5.41, 5.74) is 0.548. The molecule has 38 heavy (non-hydrogen) atoms. The van der Waals surface area contributed by atoms with E-state index < -0.39 is 28.5 Å².